The molecule has 2 atom stereocenters. The van der Waals surface area contributed by atoms with Crippen molar-refractivity contribution in [2.45, 2.75) is 18.9 Å². The molecule has 1 fully saturated rings. The number of aromatic nitrogens is 1. The fraction of sp³-hybridized carbons (Fsp3) is 0.222. The predicted octanol–water partition coefficient (Wildman–Crippen LogP) is 5.03. The van der Waals surface area contributed by atoms with Crippen molar-refractivity contribution in [2.75, 3.05) is 18.4 Å². The maximum absolute atomic E-state index is 13.7. The number of aliphatic carboxylic acids is 1. The molecular weight excluding hydrogens is 479 g/mol. The number of carboxylic acids is 1. The number of nitrogens with one attached hydrogen (secondary N) is 3. The van der Waals surface area contributed by atoms with Gasteiger partial charge in [0.25, 0.3) is 5.91 Å². The van der Waals surface area contributed by atoms with Crippen molar-refractivity contribution in [2.24, 2.45) is 5.92 Å². The Morgan fingerprint density at radius 1 is 1.08 bits per heavy atom. The van der Waals surface area contributed by atoms with Crippen molar-refractivity contribution in [3.63, 3.8) is 0 Å². The Morgan fingerprint density at radius 2 is 1.92 bits per heavy atom. The number of carbonyl (C=O) groups excluding carboxylic acids is 1. The summed E-state index contributed by atoms with van der Waals surface area (Å²) in [4.78, 5) is 29.3. The lowest BCUT2D eigenvalue weighted by Crippen LogP contribution is -2.50. The lowest BCUT2D eigenvalue weighted by atomic mass is 9.90. The average Bonchev–Trinajstić information content (AvgIpc) is 3.26. The number of thiazole rings is 1. The van der Waals surface area contributed by atoms with Crippen LogP contribution in [0.15, 0.2) is 66.7 Å². The quantitative estimate of drug-likeness (QED) is 0.282. The average molecular weight is 505 g/mol. The molecule has 0 aliphatic carbocycles. The third-order valence-corrected chi connectivity index (χ3v) is 7.26. The van der Waals surface area contributed by atoms with Gasteiger partial charge in [0.1, 0.15) is 5.82 Å². The van der Waals surface area contributed by atoms with Crippen molar-refractivity contribution < 1.29 is 19.1 Å². The third kappa shape index (κ3) is 5.37. The summed E-state index contributed by atoms with van der Waals surface area (Å²) >= 11 is 1.30. The highest BCUT2D eigenvalue weighted by Gasteiger charge is 2.29. The van der Waals surface area contributed by atoms with Gasteiger partial charge in [0.2, 0.25) is 0 Å². The van der Waals surface area contributed by atoms with Gasteiger partial charge in [-0.15, -0.1) is 0 Å². The molecule has 1 aliphatic rings. The van der Waals surface area contributed by atoms with E-state index in [0.717, 1.165) is 11.1 Å². The first-order chi connectivity index (χ1) is 17.5. The molecular formula is C27H25FN4O3S. The van der Waals surface area contributed by atoms with Gasteiger partial charge >= 0.3 is 5.97 Å². The summed E-state index contributed by atoms with van der Waals surface area (Å²) in [6, 6.07) is 19.6. The standard InChI is InChI=1S/C27H25FN4O3S/c28-19-7-9-22-24(14-19)36-27(31-22)32-23-12-17(16-4-2-1-3-5-16)6-8-20(23)26(35)30-21-10-11-29-15-18(21)13-25(33)34/h1-9,12,14,18,21,29H,10-11,13,15H2,(H,30,35)(H,31,32)(H,33,34). The monoisotopic (exact) mass is 504 g/mol. The molecule has 9 heteroatoms. The molecule has 184 valence electrons. The van der Waals surface area contributed by atoms with E-state index in [1.165, 1.54) is 23.5 Å². The zero-order chi connectivity index (χ0) is 25.1. The molecule has 1 aliphatic heterocycles. The molecule has 2 heterocycles. The Balaban J connectivity index is 1.47. The zero-order valence-corrected chi connectivity index (χ0v) is 20.1. The number of anilines is 2. The molecule has 5 rings (SSSR count). The largest absolute Gasteiger partial charge is 0.481 e. The Bertz CT molecular complexity index is 1410. The van der Waals surface area contributed by atoms with Gasteiger partial charge in [-0.1, -0.05) is 47.7 Å². The van der Waals surface area contributed by atoms with Crippen LogP contribution in [0.5, 0.6) is 0 Å². The van der Waals surface area contributed by atoms with Gasteiger partial charge in [0, 0.05) is 18.5 Å². The molecule has 1 aromatic heterocycles. The van der Waals surface area contributed by atoms with E-state index >= 15 is 0 Å². The molecule has 0 bridgehead atoms. The molecule has 1 amide bonds. The summed E-state index contributed by atoms with van der Waals surface area (Å²) in [7, 11) is 0. The molecule has 3 aromatic carbocycles. The van der Waals surface area contributed by atoms with Gasteiger partial charge in [0.15, 0.2) is 5.13 Å². The first kappa shape index (κ1) is 23.9. The smallest absolute Gasteiger partial charge is 0.303 e. The molecule has 1 saturated heterocycles. The van der Waals surface area contributed by atoms with Gasteiger partial charge in [0.05, 0.1) is 27.9 Å². The number of fused-ring (bicyclic) bond motifs is 1. The summed E-state index contributed by atoms with van der Waals surface area (Å²) < 4.78 is 14.4. The predicted molar refractivity (Wildman–Crippen MR) is 139 cm³/mol. The summed E-state index contributed by atoms with van der Waals surface area (Å²) in [5.41, 5.74) is 3.58. The summed E-state index contributed by atoms with van der Waals surface area (Å²) in [5, 5.41) is 19.4. The van der Waals surface area contributed by atoms with Crippen LogP contribution in [0.4, 0.5) is 15.2 Å². The van der Waals surface area contributed by atoms with Crippen LogP contribution in [0.25, 0.3) is 21.3 Å². The van der Waals surface area contributed by atoms with E-state index in [2.05, 4.69) is 20.9 Å². The topological polar surface area (TPSA) is 103 Å². The molecule has 0 radical (unpaired) electrons. The Hall–Kier alpha value is -3.82. The van der Waals surface area contributed by atoms with Crippen molar-refractivity contribution in [3.05, 3.63) is 78.1 Å². The zero-order valence-electron chi connectivity index (χ0n) is 19.3. The fourth-order valence-electron chi connectivity index (χ4n) is 4.52. The summed E-state index contributed by atoms with van der Waals surface area (Å²) in [6.07, 6.45) is 0.635. The molecule has 7 nitrogen and oxygen atoms in total. The van der Waals surface area contributed by atoms with E-state index in [4.69, 9.17) is 0 Å². The second-order valence-corrected chi connectivity index (χ2v) is 9.84. The van der Waals surface area contributed by atoms with Crippen LogP contribution >= 0.6 is 11.3 Å². The Kier molecular flexibility index (Phi) is 6.92. The van der Waals surface area contributed by atoms with Crippen LogP contribution in [-0.2, 0) is 4.79 Å². The number of nitrogens with zero attached hydrogens (tertiary/aromatic N) is 1. The van der Waals surface area contributed by atoms with Crippen molar-refractivity contribution in [1.29, 1.82) is 0 Å². The first-order valence-corrected chi connectivity index (χ1v) is 12.5. The van der Waals surface area contributed by atoms with Gasteiger partial charge in [-0.2, -0.15) is 0 Å². The number of halogens is 1. The number of piperidine rings is 1. The SMILES string of the molecule is O=C(O)CC1CNCCC1NC(=O)c1ccc(-c2ccccc2)cc1Nc1nc2ccc(F)cc2s1. The van der Waals surface area contributed by atoms with Crippen LogP contribution < -0.4 is 16.0 Å². The Labute approximate surface area is 211 Å². The first-order valence-electron chi connectivity index (χ1n) is 11.7. The van der Waals surface area contributed by atoms with Crippen LogP contribution in [0, 0.1) is 11.7 Å². The minimum absolute atomic E-state index is 0.0156. The van der Waals surface area contributed by atoms with E-state index in [1.54, 1.807) is 12.1 Å². The molecule has 4 aromatic rings. The highest BCUT2D eigenvalue weighted by molar-refractivity contribution is 7.22. The molecule has 0 spiro atoms. The number of carboxylic acid groups (broad SMARTS) is 1. The maximum atomic E-state index is 13.7. The van der Waals surface area contributed by atoms with E-state index in [9.17, 15) is 19.1 Å². The van der Waals surface area contributed by atoms with Crippen LogP contribution in [-0.4, -0.2) is 41.1 Å². The van der Waals surface area contributed by atoms with Crippen LogP contribution in [0.1, 0.15) is 23.2 Å². The Morgan fingerprint density at radius 3 is 2.72 bits per heavy atom. The number of carbonyl (C=O) groups is 2. The summed E-state index contributed by atoms with van der Waals surface area (Å²) in [6.45, 7) is 1.25. The second kappa shape index (κ2) is 10.4. The third-order valence-electron chi connectivity index (χ3n) is 6.32. The van der Waals surface area contributed by atoms with Crippen molar-refractivity contribution >= 4 is 44.2 Å². The van der Waals surface area contributed by atoms with E-state index in [-0.39, 0.29) is 30.1 Å². The number of amides is 1. The van der Waals surface area contributed by atoms with Crippen molar-refractivity contribution in [3.8, 4) is 11.1 Å². The molecule has 36 heavy (non-hydrogen) atoms. The number of benzene rings is 3. The normalized spacial score (nSPS) is 17.6. The minimum atomic E-state index is -0.884. The van der Waals surface area contributed by atoms with Crippen LogP contribution in [0.3, 0.4) is 0 Å². The number of hydrogen-bond donors (Lipinski definition) is 4. The van der Waals surface area contributed by atoms with Gasteiger partial charge < -0.3 is 21.1 Å². The van der Waals surface area contributed by atoms with E-state index in [0.29, 0.717) is 46.1 Å². The maximum Gasteiger partial charge on any atom is 0.303 e. The molecule has 2 unspecified atom stereocenters. The molecule has 4 N–H and O–H groups in total. The minimum Gasteiger partial charge on any atom is -0.481 e. The highest BCUT2D eigenvalue weighted by Crippen LogP contribution is 2.32. The van der Waals surface area contributed by atoms with Crippen molar-refractivity contribution in [1.82, 2.24) is 15.6 Å². The van der Waals surface area contributed by atoms with Gasteiger partial charge in [-0.25, -0.2) is 9.37 Å². The fourth-order valence-corrected chi connectivity index (χ4v) is 5.42. The molecule has 0 saturated carbocycles. The van der Waals surface area contributed by atoms with Crippen LogP contribution in [0.2, 0.25) is 0 Å². The second-order valence-electron chi connectivity index (χ2n) is 8.81. The van der Waals surface area contributed by atoms with E-state index < -0.39 is 5.97 Å². The number of hydrogen-bond acceptors (Lipinski definition) is 6. The summed E-state index contributed by atoms with van der Waals surface area (Å²) in [5.74, 6) is -1.70. The van der Waals surface area contributed by atoms with E-state index in [1.807, 2.05) is 42.5 Å². The van der Waals surface area contributed by atoms with Gasteiger partial charge in [-0.05, 0) is 54.4 Å². The number of rotatable bonds is 7. The van der Waals surface area contributed by atoms with Gasteiger partial charge in [-0.3, -0.25) is 9.59 Å². The lowest BCUT2D eigenvalue weighted by molar-refractivity contribution is -0.138. The lowest BCUT2D eigenvalue weighted by Gasteiger charge is -2.32. The highest BCUT2D eigenvalue weighted by atomic mass is 32.1.